The maximum atomic E-state index is 13.0. The van der Waals surface area contributed by atoms with Crippen molar-refractivity contribution in [2.24, 2.45) is 0 Å². The molecule has 0 spiro atoms. The van der Waals surface area contributed by atoms with Crippen molar-refractivity contribution in [1.82, 2.24) is 10.6 Å². The molecule has 12 heteroatoms. The van der Waals surface area contributed by atoms with Gasteiger partial charge in [0.25, 0.3) is 0 Å². The van der Waals surface area contributed by atoms with Gasteiger partial charge in [-0.05, 0) is 106 Å². The number of esters is 2. The number of carbonyl (C=O) groups is 4. The zero-order chi connectivity index (χ0) is 51.3. The molecule has 2 amide bonds. The third kappa shape index (κ3) is 14.3. The van der Waals surface area contributed by atoms with Gasteiger partial charge in [-0.3, -0.25) is 0 Å². The van der Waals surface area contributed by atoms with Crippen molar-refractivity contribution in [2.45, 2.75) is 75.7 Å². The normalized spacial score (nSPS) is 12.8. The number of rotatable bonds is 22. The molecule has 0 bridgehead atoms. The van der Waals surface area contributed by atoms with Gasteiger partial charge in [-0.25, -0.2) is 19.2 Å². The molecule has 0 saturated carbocycles. The van der Waals surface area contributed by atoms with E-state index in [4.69, 9.17) is 28.8 Å². The average molecular weight is 995 g/mol. The van der Waals surface area contributed by atoms with Gasteiger partial charge < -0.3 is 39.4 Å². The fourth-order valence-corrected chi connectivity index (χ4v) is 9.34. The minimum absolute atomic E-state index is 0.0245. The summed E-state index contributed by atoms with van der Waals surface area (Å²) in [6.07, 6.45) is 1.98. The van der Waals surface area contributed by atoms with E-state index in [9.17, 15) is 19.2 Å². The monoisotopic (exact) mass is 994 g/mol. The van der Waals surface area contributed by atoms with Crippen LogP contribution in [0.25, 0.3) is 22.3 Å². The Hall–Kier alpha value is -8.22. The Morgan fingerprint density at radius 2 is 0.770 bits per heavy atom. The summed E-state index contributed by atoms with van der Waals surface area (Å²) in [7, 11) is 0. The van der Waals surface area contributed by atoms with E-state index >= 15 is 0 Å². The fraction of sp³-hybridized carbons (Fsp3) is 0.258. The Labute approximate surface area is 432 Å². The lowest BCUT2D eigenvalue weighted by molar-refractivity contribution is -0.148. The van der Waals surface area contributed by atoms with Crippen LogP contribution in [0.5, 0.6) is 5.75 Å². The van der Waals surface area contributed by atoms with Crippen molar-refractivity contribution in [3.63, 3.8) is 0 Å². The van der Waals surface area contributed by atoms with Crippen LogP contribution in [-0.2, 0) is 41.8 Å². The Morgan fingerprint density at radius 3 is 1.16 bits per heavy atom. The van der Waals surface area contributed by atoms with E-state index in [1.165, 1.54) is 0 Å². The topological polar surface area (TPSA) is 159 Å². The van der Waals surface area contributed by atoms with E-state index in [1.54, 1.807) is 0 Å². The van der Waals surface area contributed by atoms with Crippen molar-refractivity contribution in [3.8, 4) is 28.0 Å². The second-order valence-corrected chi connectivity index (χ2v) is 18.1. The summed E-state index contributed by atoms with van der Waals surface area (Å²) in [5.41, 5.74) is 10.9. The Bertz CT molecular complexity index is 2820. The predicted molar refractivity (Wildman–Crippen MR) is 283 cm³/mol. The number of ether oxygens (including phenoxy) is 5. The molecule has 0 heterocycles. The molecule has 9 rings (SSSR count). The van der Waals surface area contributed by atoms with Crippen LogP contribution >= 0.6 is 0 Å². The lowest BCUT2D eigenvalue weighted by atomic mass is 9.98. The van der Waals surface area contributed by atoms with E-state index in [2.05, 4.69) is 59.2 Å². The first-order chi connectivity index (χ1) is 36.4. The van der Waals surface area contributed by atoms with E-state index in [-0.39, 0.29) is 44.9 Å². The first kappa shape index (κ1) is 52.1. The SMILES string of the molecule is O=C(NC(CCCCO)C(=O)OCc1ccccc1)OCC1c2ccccc2-c2ccccc21.O=C(NC(CCCCOc1ccccc1)C(=O)OCc1ccccc1)OCC1c2ccccc2-c2ccccc21. The number of unbranched alkanes of at least 4 members (excludes halogenated alkanes) is 2. The van der Waals surface area contributed by atoms with Gasteiger partial charge in [0.05, 0.1) is 6.61 Å². The Balaban J connectivity index is 0.000000200. The van der Waals surface area contributed by atoms with Gasteiger partial charge in [0, 0.05) is 18.4 Å². The molecule has 380 valence electrons. The number of benzene rings is 7. The van der Waals surface area contributed by atoms with Crippen LogP contribution in [-0.4, -0.2) is 67.7 Å². The van der Waals surface area contributed by atoms with Crippen LogP contribution in [0.2, 0.25) is 0 Å². The highest BCUT2D eigenvalue weighted by atomic mass is 16.6. The predicted octanol–water partition coefficient (Wildman–Crippen LogP) is 11.7. The molecule has 0 radical (unpaired) electrons. The summed E-state index contributed by atoms with van der Waals surface area (Å²) in [6.45, 7) is 1.15. The van der Waals surface area contributed by atoms with Crippen LogP contribution < -0.4 is 15.4 Å². The lowest BCUT2D eigenvalue weighted by Crippen LogP contribution is -2.42. The molecule has 7 aromatic carbocycles. The molecule has 2 aliphatic rings. The second kappa shape index (κ2) is 27.0. The molecule has 3 N–H and O–H groups in total. The van der Waals surface area contributed by atoms with Crippen LogP contribution in [0.3, 0.4) is 0 Å². The summed E-state index contributed by atoms with van der Waals surface area (Å²) in [6, 6.07) is 59.4. The molecule has 2 unspecified atom stereocenters. The molecule has 0 aliphatic heterocycles. The van der Waals surface area contributed by atoms with Crippen molar-refractivity contribution in [1.29, 1.82) is 0 Å². The average Bonchev–Trinajstić information content (AvgIpc) is 3.95. The molecular formula is C62H62N2O10. The van der Waals surface area contributed by atoms with Gasteiger partial charge in [0.15, 0.2) is 0 Å². The van der Waals surface area contributed by atoms with Crippen LogP contribution in [0.15, 0.2) is 188 Å². The number of aliphatic hydroxyl groups excluding tert-OH is 1. The molecule has 7 aromatic rings. The van der Waals surface area contributed by atoms with E-state index in [0.717, 1.165) is 67.8 Å². The number of hydrogen-bond donors (Lipinski definition) is 3. The molecule has 74 heavy (non-hydrogen) atoms. The maximum absolute atomic E-state index is 13.0. The maximum Gasteiger partial charge on any atom is 0.407 e. The Morgan fingerprint density at radius 1 is 0.419 bits per heavy atom. The molecule has 2 atom stereocenters. The van der Waals surface area contributed by atoms with Gasteiger partial charge in [-0.1, -0.05) is 176 Å². The first-order valence-electron chi connectivity index (χ1n) is 25.3. The number of para-hydroxylation sites is 1. The van der Waals surface area contributed by atoms with Crippen LogP contribution in [0.4, 0.5) is 9.59 Å². The first-order valence-corrected chi connectivity index (χ1v) is 25.3. The lowest BCUT2D eigenvalue weighted by Gasteiger charge is -2.19. The molecule has 12 nitrogen and oxygen atoms in total. The molecular weight excluding hydrogens is 933 g/mol. The van der Waals surface area contributed by atoms with E-state index in [1.807, 2.05) is 140 Å². The van der Waals surface area contributed by atoms with Gasteiger partial charge in [-0.15, -0.1) is 0 Å². The van der Waals surface area contributed by atoms with Gasteiger partial charge in [0.2, 0.25) is 0 Å². The fourth-order valence-electron chi connectivity index (χ4n) is 9.34. The number of nitrogens with one attached hydrogen (secondary N) is 2. The number of amides is 2. The van der Waals surface area contributed by atoms with E-state index < -0.39 is 36.2 Å². The number of hydrogen-bond acceptors (Lipinski definition) is 10. The largest absolute Gasteiger partial charge is 0.494 e. The number of aliphatic hydroxyl groups is 1. The van der Waals surface area contributed by atoms with Gasteiger partial charge in [0.1, 0.15) is 44.3 Å². The van der Waals surface area contributed by atoms with Crippen molar-refractivity contribution >= 4 is 24.1 Å². The molecule has 0 fully saturated rings. The number of fused-ring (bicyclic) bond motifs is 6. The van der Waals surface area contributed by atoms with Crippen LogP contribution in [0.1, 0.15) is 83.7 Å². The number of alkyl carbamates (subject to hydrolysis) is 2. The second-order valence-electron chi connectivity index (χ2n) is 18.1. The van der Waals surface area contributed by atoms with Gasteiger partial charge in [-0.2, -0.15) is 0 Å². The van der Waals surface area contributed by atoms with E-state index in [0.29, 0.717) is 38.7 Å². The zero-order valence-corrected chi connectivity index (χ0v) is 41.3. The summed E-state index contributed by atoms with van der Waals surface area (Å²) < 4.78 is 28.0. The summed E-state index contributed by atoms with van der Waals surface area (Å²) in [5, 5.41) is 14.5. The minimum atomic E-state index is -0.842. The van der Waals surface area contributed by atoms with Crippen molar-refractivity contribution in [3.05, 3.63) is 221 Å². The Kier molecular flexibility index (Phi) is 19.0. The summed E-state index contributed by atoms with van der Waals surface area (Å²) in [4.78, 5) is 51.3. The molecule has 0 aromatic heterocycles. The number of carbonyl (C=O) groups excluding carboxylic acids is 4. The van der Waals surface area contributed by atoms with Crippen molar-refractivity contribution in [2.75, 3.05) is 26.4 Å². The summed E-state index contributed by atoms with van der Waals surface area (Å²) in [5.74, 6) is -0.317. The molecule has 0 saturated heterocycles. The van der Waals surface area contributed by atoms with Crippen LogP contribution in [0, 0.1) is 0 Å². The highest BCUT2D eigenvalue weighted by Crippen LogP contribution is 2.45. The minimum Gasteiger partial charge on any atom is -0.494 e. The summed E-state index contributed by atoms with van der Waals surface area (Å²) >= 11 is 0. The van der Waals surface area contributed by atoms with Gasteiger partial charge >= 0.3 is 24.1 Å². The smallest absolute Gasteiger partial charge is 0.407 e. The standard InChI is InChI=1S/C34H33NO5.C28H29NO5/c36-33(39-23-25-13-3-1-4-14-25)32(21-11-12-22-38-26-15-5-2-6-16-26)35-34(37)40-24-31-29-19-9-7-17-27(29)28-18-8-10-20-30(28)31;30-17-9-8-16-26(27(31)33-18-20-10-2-1-3-11-20)29-28(32)34-19-25-23-14-6-4-12-21(23)22-13-5-7-15-24(22)25/h1-10,13-20,31-32H,11-12,21-24H2,(H,35,37);1-7,10-15,25-26,30H,8-9,16-19H2,(H,29,32). The zero-order valence-electron chi connectivity index (χ0n) is 41.3. The quantitative estimate of drug-likeness (QED) is 0.0339. The molecule has 2 aliphatic carbocycles. The highest BCUT2D eigenvalue weighted by molar-refractivity contribution is 5.83. The highest BCUT2D eigenvalue weighted by Gasteiger charge is 2.32. The third-order valence-corrected chi connectivity index (χ3v) is 13.1. The third-order valence-electron chi connectivity index (χ3n) is 13.1. The van der Waals surface area contributed by atoms with Crippen molar-refractivity contribution < 1.29 is 48.0 Å².